The maximum atomic E-state index is 11.8. The number of hydrogen-bond donors (Lipinski definition) is 1. The minimum atomic E-state index is -0.0587. The molecule has 0 heterocycles. The van der Waals surface area contributed by atoms with Gasteiger partial charge in [0.25, 0.3) is 5.91 Å². The fourth-order valence-corrected chi connectivity index (χ4v) is 1.10. The summed E-state index contributed by atoms with van der Waals surface area (Å²) >= 11 is 0. The van der Waals surface area contributed by atoms with Crippen LogP contribution in [-0.4, -0.2) is 23.9 Å². The topological polar surface area (TPSA) is 46.3 Å². The molecule has 78 valence electrons. The van der Waals surface area contributed by atoms with E-state index in [2.05, 4.69) is 13.2 Å². The van der Waals surface area contributed by atoms with Gasteiger partial charge in [-0.2, -0.15) is 0 Å². The van der Waals surface area contributed by atoms with Crippen molar-refractivity contribution in [2.75, 3.05) is 13.1 Å². The van der Waals surface area contributed by atoms with Crippen LogP contribution in [0.2, 0.25) is 0 Å². The minimum Gasteiger partial charge on any atom is -0.399 e. The zero-order valence-corrected chi connectivity index (χ0v) is 8.92. The van der Waals surface area contributed by atoms with Gasteiger partial charge in [-0.05, 0) is 19.9 Å². The van der Waals surface area contributed by atoms with Crippen LogP contribution in [-0.2, 0) is 4.79 Å². The predicted octanol–water partition coefficient (Wildman–Crippen LogP) is 1.44. The van der Waals surface area contributed by atoms with Gasteiger partial charge in [0.15, 0.2) is 0 Å². The molecule has 3 nitrogen and oxygen atoms in total. The smallest absolute Gasteiger partial charge is 0.253 e. The third kappa shape index (κ3) is 3.47. The van der Waals surface area contributed by atoms with Crippen LogP contribution in [0.25, 0.3) is 0 Å². The van der Waals surface area contributed by atoms with E-state index in [4.69, 9.17) is 5.73 Å². The summed E-state index contributed by atoms with van der Waals surface area (Å²) in [7, 11) is 0. The number of likely N-dealkylation sites (N-methyl/N-ethyl adjacent to an activating group) is 1. The quantitative estimate of drug-likeness (QED) is 0.531. The average molecular weight is 194 g/mol. The van der Waals surface area contributed by atoms with Gasteiger partial charge in [0.2, 0.25) is 0 Å². The van der Waals surface area contributed by atoms with Crippen molar-refractivity contribution in [3.05, 3.63) is 36.6 Å². The first-order valence-electron chi connectivity index (χ1n) is 4.64. The molecule has 1 amide bonds. The van der Waals surface area contributed by atoms with Gasteiger partial charge in [-0.1, -0.05) is 19.2 Å². The maximum Gasteiger partial charge on any atom is 0.253 e. The van der Waals surface area contributed by atoms with Crippen molar-refractivity contribution in [3.8, 4) is 0 Å². The highest BCUT2D eigenvalue weighted by Crippen LogP contribution is 2.04. The van der Waals surface area contributed by atoms with E-state index in [1.807, 2.05) is 13.8 Å². The number of rotatable bonds is 5. The van der Waals surface area contributed by atoms with Crippen molar-refractivity contribution in [1.82, 2.24) is 4.90 Å². The van der Waals surface area contributed by atoms with Crippen molar-refractivity contribution in [1.29, 1.82) is 0 Å². The van der Waals surface area contributed by atoms with Crippen LogP contribution in [0.5, 0.6) is 0 Å². The number of allylic oxidation sites excluding steroid dienone is 1. The third-order valence-electron chi connectivity index (χ3n) is 1.86. The summed E-state index contributed by atoms with van der Waals surface area (Å²) in [6, 6.07) is 0. The Balaban J connectivity index is 4.78. The highest BCUT2D eigenvalue weighted by Gasteiger charge is 2.12. The van der Waals surface area contributed by atoms with E-state index < -0.39 is 0 Å². The van der Waals surface area contributed by atoms with Crippen LogP contribution >= 0.6 is 0 Å². The fraction of sp³-hybridized carbons (Fsp3) is 0.364. The number of carbonyl (C=O) groups excluding carboxylic acids is 1. The summed E-state index contributed by atoms with van der Waals surface area (Å²) in [5.41, 5.74) is 6.25. The van der Waals surface area contributed by atoms with Crippen molar-refractivity contribution < 1.29 is 4.79 Å². The summed E-state index contributed by atoms with van der Waals surface area (Å²) in [6.45, 7) is 12.3. The van der Waals surface area contributed by atoms with Crippen LogP contribution in [0.1, 0.15) is 13.8 Å². The molecule has 0 rings (SSSR count). The van der Waals surface area contributed by atoms with Gasteiger partial charge >= 0.3 is 0 Å². The summed E-state index contributed by atoms with van der Waals surface area (Å²) in [5.74, 6) is -0.0587. The lowest BCUT2D eigenvalue weighted by Crippen LogP contribution is -2.31. The number of nitrogens with zero attached hydrogens (tertiary/aromatic N) is 1. The Morgan fingerprint density at radius 2 is 1.93 bits per heavy atom. The van der Waals surface area contributed by atoms with Crippen LogP contribution < -0.4 is 5.73 Å². The van der Waals surface area contributed by atoms with Gasteiger partial charge in [0.1, 0.15) is 0 Å². The summed E-state index contributed by atoms with van der Waals surface area (Å²) < 4.78 is 0. The van der Waals surface area contributed by atoms with Crippen LogP contribution in [0.4, 0.5) is 0 Å². The molecule has 0 aromatic rings. The van der Waals surface area contributed by atoms with E-state index in [1.165, 1.54) is 12.2 Å². The van der Waals surface area contributed by atoms with Crippen molar-refractivity contribution >= 4 is 5.91 Å². The molecule has 0 fully saturated rings. The number of nitrogens with two attached hydrogens (primary N) is 1. The van der Waals surface area contributed by atoms with Gasteiger partial charge < -0.3 is 10.6 Å². The molecule has 2 N–H and O–H groups in total. The lowest BCUT2D eigenvalue weighted by Gasteiger charge is -2.18. The van der Waals surface area contributed by atoms with E-state index in [0.717, 1.165) is 0 Å². The Labute approximate surface area is 85.6 Å². The molecule has 0 saturated carbocycles. The normalized spacial score (nSPS) is 10.9. The van der Waals surface area contributed by atoms with E-state index in [0.29, 0.717) is 24.4 Å². The zero-order valence-electron chi connectivity index (χ0n) is 8.92. The molecule has 0 aliphatic heterocycles. The second kappa shape index (κ2) is 6.02. The maximum absolute atomic E-state index is 11.8. The second-order valence-electron chi connectivity index (χ2n) is 2.86. The van der Waals surface area contributed by atoms with E-state index in [1.54, 1.807) is 4.90 Å². The summed E-state index contributed by atoms with van der Waals surface area (Å²) in [5, 5.41) is 0. The first-order chi connectivity index (χ1) is 6.56. The van der Waals surface area contributed by atoms with E-state index in [-0.39, 0.29) is 5.91 Å². The average Bonchev–Trinajstić information content (AvgIpc) is 2.15. The molecule has 0 aliphatic carbocycles. The lowest BCUT2D eigenvalue weighted by atomic mass is 10.2. The van der Waals surface area contributed by atoms with Crippen molar-refractivity contribution in [3.63, 3.8) is 0 Å². The molecule has 3 heteroatoms. The van der Waals surface area contributed by atoms with Crippen LogP contribution in [0.15, 0.2) is 36.6 Å². The molecule has 0 aliphatic rings. The van der Waals surface area contributed by atoms with Gasteiger partial charge in [0, 0.05) is 24.4 Å². The number of hydrogen-bond acceptors (Lipinski definition) is 2. The third-order valence-corrected chi connectivity index (χ3v) is 1.86. The van der Waals surface area contributed by atoms with Gasteiger partial charge in [-0.25, -0.2) is 0 Å². The standard InChI is InChI=1S/C11H18N2O/c1-5-10(8-9(4)12)11(14)13(6-2)7-3/h5,8H,1,4,6-7,12H2,2-3H3/b10-8+. The molecule has 14 heavy (non-hydrogen) atoms. The van der Waals surface area contributed by atoms with Gasteiger partial charge in [-0.15, -0.1) is 0 Å². The monoisotopic (exact) mass is 194 g/mol. The van der Waals surface area contributed by atoms with E-state index >= 15 is 0 Å². The molecule has 0 aromatic heterocycles. The summed E-state index contributed by atoms with van der Waals surface area (Å²) in [6.07, 6.45) is 3.03. The Kier molecular flexibility index (Phi) is 5.37. The Morgan fingerprint density at radius 1 is 1.43 bits per heavy atom. The number of carbonyl (C=O) groups is 1. The van der Waals surface area contributed by atoms with Gasteiger partial charge in [-0.3, -0.25) is 4.79 Å². The molecule has 0 unspecified atom stereocenters. The minimum absolute atomic E-state index is 0.0587. The van der Waals surface area contributed by atoms with Crippen LogP contribution in [0.3, 0.4) is 0 Å². The van der Waals surface area contributed by atoms with Crippen molar-refractivity contribution in [2.24, 2.45) is 5.73 Å². The number of amides is 1. The highest BCUT2D eigenvalue weighted by atomic mass is 16.2. The van der Waals surface area contributed by atoms with Crippen molar-refractivity contribution in [2.45, 2.75) is 13.8 Å². The molecule has 0 saturated heterocycles. The van der Waals surface area contributed by atoms with Gasteiger partial charge in [0.05, 0.1) is 0 Å². The fourth-order valence-electron chi connectivity index (χ4n) is 1.10. The highest BCUT2D eigenvalue weighted by molar-refractivity contribution is 5.96. The molecule has 0 radical (unpaired) electrons. The second-order valence-corrected chi connectivity index (χ2v) is 2.86. The molecular formula is C11H18N2O. The summed E-state index contributed by atoms with van der Waals surface area (Å²) in [4.78, 5) is 13.5. The SMILES string of the molecule is C=C/C(=C\C(=C)N)C(=O)N(CC)CC. The zero-order chi connectivity index (χ0) is 11.1. The Morgan fingerprint density at radius 3 is 2.21 bits per heavy atom. The predicted molar refractivity (Wildman–Crippen MR) is 59.5 cm³/mol. The first-order valence-corrected chi connectivity index (χ1v) is 4.64. The lowest BCUT2D eigenvalue weighted by molar-refractivity contribution is -0.126. The molecule has 0 aromatic carbocycles. The molecule has 0 spiro atoms. The van der Waals surface area contributed by atoms with Crippen LogP contribution in [0, 0.1) is 0 Å². The molecular weight excluding hydrogens is 176 g/mol. The Hall–Kier alpha value is -1.51. The first kappa shape index (κ1) is 12.5. The largest absolute Gasteiger partial charge is 0.399 e. The van der Waals surface area contributed by atoms with E-state index in [9.17, 15) is 4.79 Å². The molecule has 0 bridgehead atoms. The molecule has 0 atom stereocenters. The Bertz CT molecular complexity index is 262.